The second kappa shape index (κ2) is 6.35. The van der Waals surface area contributed by atoms with Gasteiger partial charge in [0.1, 0.15) is 5.82 Å². The number of hydrogen-bond acceptors (Lipinski definition) is 2. The number of halogens is 2. The van der Waals surface area contributed by atoms with Crippen molar-refractivity contribution in [2.75, 3.05) is 19.6 Å². The fraction of sp³-hybridized carbons (Fsp3) is 0.500. The summed E-state index contributed by atoms with van der Waals surface area (Å²) in [4.78, 5) is 12.2. The molecule has 1 fully saturated rings. The first-order valence-corrected chi connectivity index (χ1v) is 6.26. The van der Waals surface area contributed by atoms with Crippen LogP contribution in [0.25, 0.3) is 0 Å². The summed E-state index contributed by atoms with van der Waals surface area (Å²) in [6, 6.07) is 6.44. The third kappa shape index (κ3) is 3.45. The van der Waals surface area contributed by atoms with E-state index in [-0.39, 0.29) is 24.1 Å². The van der Waals surface area contributed by atoms with Crippen molar-refractivity contribution in [3.63, 3.8) is 0 Å². The second-order valence-corrected chi connectivity index (χ2v) is 5.34. The Bertz CT molecular complexity index is 447. The number of hydrogen-bond donors (Lipinski definition) is 2. The van der Waals surface area contributed by atoms with E-state index in [0.29, 0.717) is 18.0 Å². The molecule has 0 saturated carbocycles. The summed E-state index contributed by atoms with van der Waals surface area (Å²) in [5.41, 5.74) is -0.406. The predicted molar refractivity (Wildman–Crippen MR) is 76.0 cm³/mol. The molecule has 3 nitrogen and oxygen atoms in total. The lowest BCUT2D eigenvalue weighted by molar-refractivity contribution is -0.126. The van der Waals surface area contributed by atoms with Crippen molar-refractivity contribution in [3.8, 4) is 0 Å². The Hall–Kier alpha value is -1.13. The van der Waals surface area contributed by atoms with E-state index in [1.807, 2.05) is 0 Å². The molecule has 1 aliphatic heterocycles. The SMILES string of the molecule is CC(C)(C(=O)NCC1CNC1)c1ccccc1F.Cl. The molecule has 2 N–H and O–H groups in total. The molecule has 0 atom stereocenters. The largest absolute Gasteiger partial charge is 0.355 e. The summed E-state index contributed by atoms with van der Waals surface area (Å²) in [6.45, 7) is 6.05. The van der Waals surface area contributed by atoms with Gasteiger partial charge in [-0.3, -0.25) is 4.79 Å². The number of carbonyl (C=O) groups excluding carboxylic acids is 1. The van der Waals surface area contributed by atoms with Gasteiger partial charge in [-0.1, -0.05) is 18.2 Å². The van der Waals surface area contributed by atoms with E-state index in [1.54, 1.807) is 32.0 Å². The molecule has 0 aromatic heterocycles. The zero-order valence-corrected chi connectivity index (χ0v) is 12.0. The van der Waals surface area contributed by atoms with Crippen LogP contribution in [-0.4, -0.2) is 25.5 Å². The van der Waals surface area contributed by atoms with Gasteiger partial charge in [-0.25, -0.2) is 4.39 Å². The molecular formula is C14H20ClFN2O. The molecule has 1 aromatic carbocycles. The summed E-state index contributed by atoms with van der Waals surface area (Å²) < 4.78 is 13.7. The monoisotopic (exact) mass is 286 g/mol. The molecule has 19 heavy (non-hydrogen) atoms. The van der Waals surface area contributed by atoms with Gasteiger partial charge in [0.05, 0.1) is 5.41 Å². The third-order valence-corrected chi connectivity index (χ3v) is 3.53. The summed E-state index contributed by atoms with van der Waals surface area (Å²) in [5, 5.41) is 6.06. The van der Waals surface area contributed by atoms with Gasteiger partial charge >= 0.3 is 0 Å². The number of carbonyl (C=O) groups is 1. The van der Waals surface area contributed by atoms with Gasteiger partial charge in [0.2, 0.25) is 5.91 Å². The molecule has 0 bridgehead atoms. The highest BCUT2D eigenvalue weighted by Crippen LogP contribution is 2.25. The highest BCUT2D eigenvalue weighted by Gasteiger charge is 2.32. The summed E-state index contributed by atoms with van der Waals surface area (Å²) >= 11 is 0. The van der Waals surface area contributed by atoms with Crippen LogP contribution in [0.5, 0.6) is 0 Å². The lowest BCUT2D eigenvalue weighted by atomic mass is 9.83. The normalized spacial score (nSPS) is 15.3. The van der Waals surface area contributed by atoms with Crippen LogP contribution >= 0.6 is 12.4 Å². The van der Waals surface area contributed by atoms with Gasteiger partial charge in [-0.15, -0.1) is 12.4 Å². The van der Waals surface area contributed by atoms with Crippen molar-refractivity contribution in [2.24, 2.45) is 5.92 Å². The molecule has 1 heterocycles. The minimum absolute atomic E-state index is 0. The lowest BCUT2D eigenvalue weighted by Crippen LogP contribution is -2.50. The van der Waals surface area contributed by atoms with Gasteiger partial charge in [0, 0.05) is 31.1 Å². The smallest absolute Gasteiger partial charge is 0.230 e. The number of nitrogens with one attached hydrogen (secondary N) is 2. The van der Waals surface area contributed by atoms with E-state index < -0.39 is 5.41 Å². The molecule has 1 amide bonds. The molecule has 2 rings (SSSR count). The van der Waals surface area contributed by atoms with E-state index in [0.717, 1.165) is 13.1 Å². The predicted octanol–water partition coefficient (Wildman–Crippen LogP) is 1.86. The van der Waals surface area contributed by atoms with Crippen molar-refractivity contribution in [2.45, 2.75) is 19.3 Å². The second-order valence-electron chi connectivity index (χ2n) is 5.34. The minimum Gasteiger partial charge on any atom is -0.355 e. The zero-order valence-electron chi connectivity index (χ0n) is 11.2. The highest BCUT2D eigenvalue weighted by atomic mass is 35.5. The standard InChI is InChI=1S/C14H19FN2O.ClH/c1-14(2,11-5-3-4-6-12(11)15)13(18)17-9-10-7-16-8-10;/h3-6,10,16H,7-9H2,1-2H3,(H,17,18);1H. The maximum absolute atomic E-state index is 13.7. The molecule has 0 spiro atoms. The van der Waals surface area contributed by atoms with Gasteiger partial charge in [0.25, 0.3) is 0 Å². The van der Waals surface area contributed by atoms with Crippen molar-refractivity contribution in [1.29, 1.82) is 0 Å². The topological polar surface area (TPSA) is 41.1 Å². The molecule has 5 heteroatoms. The van der Waals surface area contributed by atoms with Gasteiger partial charge in [-0.2, -0.15) is 0 Å². The molecule has 1 aromatic rings. The molecular weight excluding hydrogens is 267 g/mol. The van der Waals surface area contributed by atoms with Crippen molar-refractivity contribution >= 4 is 18.3 Å². The number of rotatable bonds is 4. The summed E-state index contributed by atoms with van der Waals surface area (Å²) in [5.74, 6) is 0.0489. The van der Waals surface area contributed by atoms with Crippen LogP contribution in [0.15, 0.2) is 24.3 Å². The first kappa shape index (κ1) is 15.9. The van der Waals surface area contributed by atoms with Crippen molar-refractivity contribution in [1.82, 2.24) is 10.6 Å². The van der Waals surface area contributed by atoms with Crippen LogP contribution in [-0.2, 0) is 10.2 Å². The molecule has 1 aliphatic rings. The molecule has 0 unspecified atom stereocenters. The van der Waals surface area contributed by atoms with Crippen LogP contribution in [0.1, 0.15) is 19.4 Å². The van der Waals surface area contributed by atoms with Crippen LogP contribution < -0.4 is 10.6 Å². The van der Waals surface area contributed by atoms with E-state index in [9.17, 15) is 9.18 Å². The van der Waals surface area contributed by atoms with Gasteiger partial charge in [-0.05, 0) is 19.9 Å². The Labute approximate surface area is 119 Å². The average molecular weight is 287 g/mol. The Balaban J connectivity index is 0.00000180. The van der Waals surface area contributed by atoms with E-state index >= 15 is 0 Å². The average Bonchev–Trinajstić information content (AvgIpc) is 2.27. The fourth-order valence-electron chi connectivity index (χ4n) is 2.04. The maximum Gasteiger partial charge on any atom is 0.230 e. The lowest BCUT2D eigenvalue weighted by Gasteiger charge is -2.30. The van der Waals surface area contributed by atoms with E-state index in [2.05, 4.69) is 10.6 Å². The zero-order chi connectivity index (χ0) is 13.2. The summed E-state index contributed by atoms with van der Waals surface area (Å²) in [6.07, 6.45) is 0. The quantitative estimate of drug-likeness (QED) is 0.887. The highest BCUT2D eigenvalue weighted by molar-refractivity contribution is 5.87. The minimum atomic E-state index is -0.845. The Morgan fingerprint density at radius 2 is 2.05 bits per heavy atom. The van der Waals surface area contributed by atoms with E-state index in [1.165, 1.54) is 6.07 Å². The maximum atomic E-state index is 13.7. The Morgan fingerprint density at radius 1 is 1.42 bits per heavy atom. The number of benzene rings is 1. The first-order valence-electron chi connectivity index (χ1n) is 6.26. The molecule has 1 saturated heterocycles. The first-order chi connectivity index (χ1) is 8.51. The van der Waals surface area contributed by atoms with Gasteiger partial charge in [0.15, 0.2) is 0 Å². The summed E-state index contributed by atoms with van der Waals surface area (Å²) in [7, 11) is 0. The number of amides is 1. The van der Waals surface area contributed by atoms with Crippen molar-refractivity contribution < 1.29 is 9.18 Å². The molecule has 106 valence electrons. The van der Waals surface area contributed by atoms with Crippen LogP contribution in [0.2, 0.25) is 0 Å². The van der Waals surface area contributed by atoms with Crippen LogP contribution in [0.4, 0.5) is 4.39 Å². The molecule has 0 radical (unpaired) electrons. The fourth-order valence-corrected chi connectivity index (χ4v) is 2.04. The Kier molecular flexibility index (Phi) is 5.32. The Morgan fingerprint density at radius 3 is 2.58 bits per heavy atom. The third-order valence-electron chi connectivity index (χ3n) is 3.53. The van der Waals surface area contributed by atoms with E-state index in [4.69, 9.17) is 0 Å². The van der Waals surface area contributed by atoms with Crippen molar-refractivity contribution in [3.05, 3.63) is 35.6 Å². The van der Waals surface area contributed by atoms with Gasteiger partial charge < -0.3 is 10.6 Å². The molecule has 0 aliphatic carbocycles. The van der Waals surface area contributed by atoms with Crippen LogP contribution in [0, 0.1) is 11.7 Å². The van der Waals surface area contributed by atoms with Crippen LogP contribution in [0.3, 0.4) is 0 Å².